The van der Waals surface area contributed by atoms with Gasteiger partial charge in [0.2, 0.25) is 0 Å². The van der Waals surface area contributed by atoms with Crippen LogP contribution in [0.5, 0.6) is 11.5 Å². The Morgan fingerprint density at radius 2 is 1.95 bits per heavy atom. The molecule has 3 nitrogen and oxygen atoms in total. The normalized spacial score (nSPS) is 24.3. The van der Waals surface area contributed by atoms with Crippen LogP contribution < -0.4 is 9.47 Å². The molecule has 2 aliphatic rings. The summed E-state index contributed by atoms with van der Waals surface area (Å²) in [6, 6.07) is 6.65. The second-order valence-corrected chi connectivity index (χ2v) is 6.43. The average molecular weight is 275 g/mol. The van der Waals surface area contributed by atoms with Crippen molar-refractivity contribution in [2.75, 3.05) is 21.2 Å². The van der Waals surface area contributed by atoms with Crippen molar-refractivity contribution in [2.24, 2.45) is 0 Å². The van der Waals surface area contributed by atoms with Gasteiger partial charge in [0.05, 0.1) is 7.11 Å². The van der Waals surface area contributed by atoms with E-state index in [0.717, 1.165) is 17.9 Å². The molecule has 1 aromatic carbocycles. The summed E-state index contributed by atoms with van der Waals surface area (Å²) in [6.07, 6.45) is 7.44. The van der Waals surface area contributed by atoms with Gasteiger partial charge in [0.25, 0.3) is 0 Å². The molecule has 0 radical (unpaired) electrons. The Morgan fingerprint density at radius 1 is 1.20 bits per heavy atom. The van der Waals surface area contributed by atoms with Gasteiger partial charge in [-0.15, -0.1) is 0 Å². The molecule has 0 bridgehead atoms. The summed E-state index contributed by atoms with van der Waals surface area (Å²) in [6.45, 7) is 0. The molecule has 1 atom stereocenters. The van der Waals surface area contributed by atoms with E-state index in [1.165, 1.54) is 37.7 Å². The van der Waals surface area contributed by atoms with E-state index in [9.17, 15) is 0 Å². The first-order valence-electron chi connectivity index (χ1n) is 7.67. The largest absolute Gasteiger partial charge is 0.497 e. The van der Waals surface area contributed by atoms with E-state index in [1.54, 1.807) is 7.11 Å². The van der Waals surface area contributed by atoms with Crippen molar-refractivity contribution in [2.45, 2.75) is 50.2 Å². The molecule has 3 heteroatoms. The van der Waals surface area contributed by atoms with Gasteiger partial charge in [0, 0.05) is 18.0 Å². The van der Waals surface area contributed by atoms with Crippen molar-refractivity contribution in [1.82, 2.24) is 4.90 Å². The standard InChI is InChI=1S/C17H25NO2/c1-18(2)15-12-17(9-5-4-6-10-17)20-16-8-7-13(19-3)11-14(15)16/h7-8,11,15H,4-6,9-10,12H2,1-3H3. The predicted molar refractivity (Wildman–Crippen MR) is 80.5 cm³/mol. The molecular formula is C17H25NO2. The van der Waals surface area contributed by atoms with E-state index in [0.29, 0.717) is 6.04 Å². The first-order valence-corrected chi connectivity index (χ1v) is 7.67. The van der Waals surface area contributed by atoms with Crippen LogP contribution in [0, 0.1) is 0 Å². The van der Waals surface area contributed by atoms with Crippen LogP contribution in [0.1, 0.15) is 50.1 Å². The minimum absolute atomic E-state index is 0.0643. The summed E-state index contributed by atoms with van der Waals surface area (Å²) < 4.78 is 11.8. The van der Waals surface area contributed by atoms with Crippen LogP contribution in [0.25, 0.3) is 0 Å². The fourth-order valence-corrected chi connectivity index (χ4v) is 3.71. The fraction of sp³-hybridized carbons (Fsp3) is 0.647. The predicted octanol–water partition coefficient (Wildman–Crippen LogP) is 3.78. The number of fused-ring (bicyclic) bond motifs is 1. The molecule has 1 fully saturated rings. The zero-order chi connectivity index (χ0) is 14.2. The average Bonchev–Trinajstić information content (AvgIpc) is 2.46. The lowest BCUT2D eigenvalue weighted by atomic mass is 9.77. The van der Waals surface area contributed by atoms with Crippen LogP contribution in [0.2, 0.25) is 0 Å². The molecule has 0 N–H and O–H groups in total. The summed E-state index contributed by atoms with van der Waals surface area (Å²) in [4.78, 5) is 2.32. The van der Waals surface area contributed by atoms with E-state index in [-0.39, 0.29) is 5.60 Å². The first kappa shape index (κ1) is 13.7. The maximum Gasteiger partial charge on any atom is 0.125 e. The van der Waals surface area contributed by atoms with Gasteiger partial charge in [-0.2, -0.15) is 0 Å². The Balaban J connectivity index is 1.98. The Bertz CT molecular complexity index is 478. The smallest absolute Gasteiger partial charge is 0.125 e. The molecule has 0 amide bonds. The van der Waals surface area contributed by atoms with Gasteiger partial charge in [0.1, 0.15) is 17.1 Å². The quantitative estimate of drug-likeness (QED) is 0.820. The summed E-state index contributed by atoms with van der Waals surface area (Å²) >= 11 is 0. The highest BCUT2D eigenvalue weighted by molar-refractivity contribution is 5.44. The SMILES string of the molecule is COc1ccc2c(c1)C(N(C)C)CC1(CCCCC1)O2. The van der Waals surface area contributed by atoms with Crippen LogP contribution >= 0.6 is 0 Å². The maximum atomic E-state index is 6.46. The topological polar surface area (TPSA) is 21.7 Å². The zero-order valence-corrected chi connectivity index (χ0v) is 12.8. The third-order valence-electron chi connectivity index (χ3n) is 4.86. The lowest BCUT2D eigenvalue weighted by molar-refractivity contribution is -0.0171. The number of rotatable bonds is 2. The molecule has 1 aliphatic carbocycles. The third kappa shape index (κ3) is 2.39. The zero-order valence-electron chi connectivity index (χ0n) is 12.8. The molecule has 1 saturated carbocycles. The van der Waals surface area contributed by atoms with Gasteiger partial charge in [0.15, 0.2) is 0 Å². The Labute approximate surface area is 121 Å². The Hall–Kier alpha value is -1.22. The highest BCUT2D eigenvalue weighted by Crippen LogP contribution is 2.48. The summed E-state index contributed by atoms with van der Waals surface area (Å²) in [7, 11) is 6.05. The van der Waals surface area contributed by atoms with Gasteiger partial charge in [-0.05, 0) is 58.0 Å². The third-order valence-corrected chi connectivity index (χ3v) is 4.86. The van der Waals surface area contributed by atoms with Crippen molar-refractivity contribution >= 4 is 0 Å². The number of hydrogen-bond donors (Lipinski definition) is 0. The molecule has 1 spiro atoms. The molecule has 1 aromatic rings. The van der Waals surface area contributed by atoms with Gasteiger partial charge in [-0.1, -0.05) is 6.42 Å². The molecule has 3 rings (SSSR count). The number of methoxy groups -OCH3 is 1. The summed E-state index contributed by atoms with van der Waals surface area (Å²) in [5.74, 6) is 1.97. The Kier molecular flexibility index (Phi) is 3.63. The van der Waals surface area contributed by atoms with E-state index in [1.807, 2.05) is 6.07 Å². The van der Waals surface area contributed by atoms with E-state index in [4.69, 9.17) is 9.47 Å². The summed E-state index contributed by atoms with van der Waals surface area (Å²) in [5, 5.41) is 0. The molecule has 20 heavy (non-hydrogen) atoms. The second-order valence-electron chi connectivity index (χ2n) is 6.43. The van der Waals surface area contributed by atoms with Gasteiger partial charge in [-0.3, -0.25) is 0 Å². The molecule has 1 heterocycles. The van der Waals surface area contributed by atoms with Crippen LogP contribution in [-0.4, -0.2) is 31.7 Å². The van der Waals surface area contributed by atoms with E-state index >= 15 is 0 Å². The van der Waals surface area contributed by atoms with Crippen LogP contribution in [0.15, 0.2) is 18.2 Å². The molecule has 0 aromatic heterocycles. The molecule has 1 aliphatic heterocycles. The molecule has 110 valence electrons. The van der Waals surface area contributed by atoms with E-state index in [2.05, 4.69) is 31.1 Å². The van der Waals surface area contributed by atoms with Crippen LogP contribution in [0.3, 0.4) is 0 Å². The highest BCUT2D eigenvalue weighted by Gasteiger charge is 2.42. The minimum Gasteiger partial charge on any atom is -0.497 e. The molecule has 1 unspecified atom stereocenters. The van der Waals surface area contributed by atoms with Gasteiger partial charge >= 0.3 is 0 Å². The maximum absolute atomic E-state index is 6.46. The number of ether oxygens (including phenoxy) is 2. The minimum atomic E-state index is 0.0643. The lowest BCUT2D eigenvalue weighted by Crippen LogP contribution is -2.45. The van der Waals surface area contributed by atoms with Crippen molar-refractivity contribution < 1.29 is 9.47 Å². The van der Waals surface area contributed by atoms with Crippen LogP contribution in [-0.2, 0) is 0 Å². The fourth-order valence-electron chi connectivity index (χ4n) is 3.71. The van der Waals surface area contributed by atoms with Gasteiger partial charge in [-0.25, -0.2) is 0 Å². The highest BCUT2D eigenvalue weighted by atomic mass is 16.5. The monoisotopic (exact) mass is 275 g/mol. The summed E-state index contributed by atoms with van der Waals surface area (Å²) in [5.41, 5.74) is 1.33. The number of hydrogen-bond acceptors (Lipinski definition) is 3. The number of benzene rings is 1. The Morgan fingerprint density at radius 3 is 2.60 bits per heavy atom. The van der Waals surface area contributed by atoms with Crippen molar-refractivity contribution in [3.8, 4) is 11.5 Å². The van der Waals surface area contributed by atoms with Gasteiger partial charge < -0.3 is 14.4 Å². The van der Waals surface area contributed by atoms with Crippen molar-refractivity contribution in [3.05, 3.63) is 23.8 Å². The lowest BCUT2D eigenvalue weighted by Gasteiger charge is -2.46. The molecule has 0 saturated heterocycles. The van der Waals surface area contributed by atoms with Crippen LogP contribution in [0.4, 0.5) is 0 Å². The van der Waals surface area contributed by atoms with E-state index < -0.39 is 0 Å². The first-order chi connectivity index (χ1) is 9.63. The van der Waals surface area contributed by atoms with Crippen molar-refractivity contribution in [1.29, 1.82) is 0 Å². The number of nitrogens with zero attached hydrogens (tertiary/aromatic N) is 1. The molecular weight excluding hydrogens is 250 g/mol. The van der Waals surface area contributed by atoms with Crippen molar-refractivity contribution in [3.63, 3.8) is 0 Å². The second kappa shape index (κ2) is 5.28.